The highest BCUT2D eigenvalue weighted by atomic mass is 32.1. The van der Waals surface area contributed by atoms with Crippen LogP contribution < -0.4 is 10.9 Å². The molecule has 0 radical (unpaired) electrons. The van der Waals surface area contributed by atoms with Gasteiger partial charge in [-0.25, -0.2) is 4.98 Å². The Balaban J connectivity index is 1.86. The van der Waals surface area contributed by atoms with Gasteiger partial charge in [-0.15, -0.1) is 11.3 Å². The highest BCUT2D eigenvalue weighted by Crippen LogP contribution is 2.15. The molecular formula is C15H22N4OS. The van der Waals surface area contributed by atoms with Crippen LogP contribution in [-0.2, 0) is 6.54 Å². The summed E-state index contributed by atoms with van der Waals surface area (Å²) in [6.45, 7) is 8.09. The maximum absolute atomic E-state index is 12.2. The van der Waals surface area contributed by atoms with Crippen molar-refractivity contribution >= 4 is 16.3 Å². The zero-order chi connectivity index (χ0) is 14.8. The van der Waals surface area contributed by atoms with Crippen molar-refractivity contribution in [3.05, 3.63) is 33.2 Å². The molecule has 21 heavy (non-hydrogen) atoms. The molecule has 1 saturated heterocycles. The zero-order valence-corrected chi connectivity index (χ0v) is 13.4. The van der Waals surface area contributed by atoms with E-state index in [4.69, 9.17) is 0 Å². The molecule has 3 heterocycles. The topological polar surface area (TPSA) is 49.6 Å². The fourth-order valence-corrected chi connectivity index (χ4v) is 3.91. The van der Waals surface area contributed by atoms with Crippen LogP contribution in [-0.4, -0.2) is 40.0 Å². The summed E-state index contributed by atoms with van der Waals surface area (Å²) < 4.78 is 1.69. The van der Waals surface area contributed by atoms with Gasteiger partial charge in [0.15, 0.2) is 4.96 Å². The average molecular weight is 306 g/mol. The van der Waals surface area contributed by atoms with E-state index in [-0.39, 0.29) is 5.56 Å². The van der Waals surface area contributed by atoms with Gasteiger partial charge in [0.2, 0.25) is 0 Å². The molecule has 2 aromatic rings. The van der Waals surface area contributed by atoms with Crippen molar-refractivity contribution in [1.29, 1.82) is 0 Å². The summed E-state index contributed by atoms with van der Waals surface area (Å²) >= 11 is 1.54. The van der Waals surface area contributed by atoms with E-state index in [1.165, 1.54) is 17.8 Å². The molecule has 1 unspecified atom stereocenters. The predicted octanol–water partition coefficient (Wildman–Crippen LogP) is 1.64. The van der Waals surface area contributed by atoms with Crippen molar-refractivity contribution in [2.75, 3.05) is 19.6 Å². The van der Waals surface area contributed by atoms with E-state index in [1.54, 1.807) is 10.5 Å². The minimum Gasteiger partial charge on any atom is -0.315 e. The van der Waals surface area contributed by atoms with E-state index >= 15 is 0 Å². The molecule has 0 saturated carbocycles. The molecule has 0 amide bonds. The SMILES string of the molecule is CCCN(Cc1cc(=O)n2c(C)csc2n1)C1CCNC1. The lowest BCUT2D eigenvalue weighted by atomic mass is 10.2. The van der Waals surface area contributed by atoms with Crippen molar-refractivity contribution < 1.29 is 0 Å². The largest absolute Gasteiger partial charge is 0.315 e. The molecule has 2 aromatic heterocycles. The molecule has 1 fully saturated rings. The monoisotopic (exact) mass is 306 g/mol. The number of nitrogens with zero attached hydrogens (tertiary/aromatic N) is 3. The van der Waals surface area contributed by atoms with Gasteiger partial charge in [0, 0.05) is 36.3 Å². The Morgan fingerprint density at radius 3 is 3.14 bits per heavy atom. The maximum atomic E-state index is 12.2. The van der Waals surface area contributed by atoms with Gasteiger partial charge in [0.25, 0.3) is 5.56 Å². The fourth-order valence-electron chi connectivity index (χ4n) is 3.02. The summed E-state index contributed by atoms with van der Waals surface area (Å²) in [5, 5.41) is 5.40. The number of thiazole rings is 1. The molecule has 6 heteroatoms. The Morgan fingerprint density at radius 2 is 2.43 bits per heavy atom. The van der Waals surface area contributed by atoms with Gasteiger partial charge in [0.1, 0.15) is 0 Å². The first-order valence-corrected chi connectivity index (χ1v) is 8.48. The van der Waals surface area contributed by atoms with Gasteiger partial charge in [-0.1, -0.05) is 6.92 Å². The molecule has 0 aromatic carbocycles. The Kier molecular flexibility index (Phi) is 4.37. The van der Waals surface area contributed by atoms with Crippen molar-refractivity contribution in [2.24, 2.45) is 0 Å². The predicted molar refractivity (Wildman–Crippen MR) is 86.1 cm³/mol. The van der Waals surface area contributed by atoms with E-state index in [0.29, 0.717) is 6.04 Å². The van der Waals surface area contributed by atoms with Crippen LogP contribution in [0.3, 0.4) is 0 Å². The molecule has 1 aliphatic rings. The quantitative estimate of drug-likeness (QED) is 0.912. The third kappa shape index (κ3) is 3.02. The minimum absolute atomic E-state index is 0.0368. The molecule has 0 bridgehead atoms. The minimum atomic E-state index is 0.0368. The molecule has 0 aliphatic carbocycles. The smallest absolute Gasteiger partial charge is 0.259 e. The Bertz CT molecular complexity index is 672. The molecule has 5 nitrogen and oxygen atoms in total. The molecule has 1 aliphatic heterocycles. The maximum Gasteiger partial charge on any atom is 0.259 e. The second-order valence-corrected chi connectivity index (χ2v) is 6.53. The molecule has 1 N–H and O–H groups in total. The number of aromatic nitrogens is 2. The third-order valence-corrected chi connectivity index (χ3v) is 5.00. The highest BCUT2D eigenvalue weighted by Gasteiger charge is 2.22. The van der Waals surface area contributed by atoms with Crippen molar-refractivity contribution in [2.45, 2.75) is 39.3 Å². The van der Waals surface area contributed by atoms with Gasteiger partial charge in [0.05, 0.1) is 5.69 Å². The van der Waals surface area contributed by atoms with Crippen molar-refractivity contribution in [1.82, 2.24) is 19.6 Å². The zero-order valence-electron chi connectivity index (χ0n) is 12.6. The van der Waals surface area contributed by atoms with E-state index in [1.807, 2.05) is 12.3 Å². The number of hydrogen-bond donors (Lipinski definition) is 1. The van der Waals surface area contributed by atoms with Crippen LogP contribution in [0.25, 0.3) is 4.96 Å². The average Bonchev–Trinajstić information content (AvgIpc) is 3.08. The lowest BCUT2D eigenvalue weighted by Crippen LogP contribution is -2.37. The summed E-state index contributed by atoms with van der Waals surface area (Å²) in [5.74, 6) is 0. The van der Waals surface area contributed by atoms with Crippen LogP contribution in [0.4, 0.5) is 0 Å². The first-order valence-electron chi connectivity index (χ1n) is 7.60. The van der Waals surface area contributed by atoms with E-state index < -0.39 is 0 Å². The normalized spacial score (nSPS) is 18.9. The van der Waals surface area contributed by atoms with Crippen molar-refractivity contribution in [3.8, 4) is 0 Å². The van der Waals surface area contributed by atoms with Crippen LogP contribution in [0.1, 0.15) is 31.2 Å². The van der Waals surface area contributed by atoms with Crippen LogP contribution in [0, 0.1) is 6.92 Å². The fraction of sp³-hybridized carbons (Fsp3) is 0.600. The summed E-state index contributed by atoms with van der Waals surface area (Å²) in [6.07, 6.45) is 2.30. The summed E-state index contributed by atoms with van der Waals surface area (Å²) in [6, 6.07) is 2.26. The Hall–Kier alpha value is -1.24. The number of fused-ring (bicyclic) bond motifs is 1. The van der Waals surface area contributed by atoms with Gasteiger partial charge >= 0.3 is 0 Å². The summed E-state index contributed by atoms with van der Waals surface area (Å²) in [4.78, 5) is 20.2. The first kappa shape index (κ1) is 14.7. The number of rotatable bonds is 5. The molecular weight excluding hydrogens is 284 g/mol. The van der Waals surface area contributed by atoms with Crippen LogP contribution in [0.15, 0.2) is 16.2 Å². The number of aryl methyl sites for hydroxylation is 1. The number of nitrogens with one attached hydrogen (secondary N) is 1. The van der Waals surface area contributed by atoms with Crippen molar-refractivity contribution in [3.63, 3.8) is 0 Å². The second-order valence-electron chi connectivity index (χ2n) is 5.70. The lowest BCUT2D eigenvalue weighted by molar-refractivity contribution is 0.197. The van der Waals surface area contributed by atoms with Crippen LogP contribution in [0.5, 0.6) is 0 Å². The third-order valence-electron chi connectivity index (χ3n) is 4.06. The van der Waals surface area contributed by atoms with E-state index in [2.05, 4.69) is 22.1 Å². The van der Waals surface area contributed by atoms with Gasteiger partial charge < -0.3 is 5.32 Å². The van der Waals surface area contributed by atoms with Crippen LogP contribution in [0.2, 0.25) is 0 Å². The Morgan fingerprint density at radius 1 is 1.57 bits per heavy atom. The standard InChI is InChI=1S/C15H22N4OS/c1-3-6-18(13-4-5-16-8-13)9-12-7-14(20)19-11(2)10-21-15(19)17-12/h7,10,13,16H,3-6,8-9H2,1-2H3. The second kappa shape index (κ2) is 6.25. The lowest BCUT2D eigenvalue weighted by Gasteiger charge is -2.27. The van der Waals surface area contributed by atoms with Gasteiger partial charge in [-0.05, 0) is 32.9 Å². The van der Waals surface area contributed by atoms with Gasteiger partial charge in [-0.2, -0.15) is 0 Å². The molecule has 0 spiro atoms. The first-order chi connectivity index (χ1) is 10.2. The van der Waals surface area contributed by atoms with Crippen LogP contribution >= 0.6 is 11.3 Å². The summed E-state index contributed by atoms with van der Waals surface area (Å²) in [5.41, 5.74) is 1.89. The summed E-state index contributed by atoms with van der Waals surface area (Å²) in [7, 11) is 0. The number of hydrogen-bond acceptors (Lipinski definition) is 5. The molecule has 1 atom stereocenters. The highest BCUT2D eigenvalue weighted by molar-refractivity contribution is 7.15. The van der Waals surface area contributed by atoms with Gasteiger partial charge in [-0.3, -0.25) is 14.1 Å². The van der Waals surface area contributed by atoms with E-state index in [9.17, 15) is 4.79 Å². The van der Waals surface area contributed by atoms with E-state index in [0.717, 1.165) is 48.9 Å². The molecule has 3 rings (SSSR count). The molecule has 114 valence electrons. The Labute approximate surface area is 128 Å².